The lowest BCUT2D eigenvalue weighted by atomic mass is 10.1. The molecule has 21 heavy (non-hydrogen) atoms. The number of anilines is 1. The van der Waals surface area contributed by atoms with E-state index in [1.807, 2.05) is 0 Å². The molecule has 0 saturated heterocycles. The molecule has 114 valence electrons. The molecule has 1 amide bonds. The van der Waals surface area contributed by atoms with Crippen molar-refractivity contribution < 1.29 is 14.1 Å². The van der Waals surface area contributed by atoms with Crippen molar-refractivity contribution in [3.05, 3.63) is 33.6 Å². The number of rotatable bonds is 6. The third-order valence-electron chi connectivity index (χ3n) is 3.69. The van der Waals surface area contributed by atoms with E-state index in [-0.39, 0.29) is 17.3 Å². The number of nitrogens with one attached hydrogen (secondary N) is 2. The molecule has 1 aromatic rings. The predicted molar refractivity (Wildman–Crippen MR) is 76.9 cm³/mol. The molecule has 6 nitrogen and oxygen atoms in total. The summed E-state index contributed by atoms with van der Waals surface area (Å²) in [6, 6.07) is 2.03. The highest BCUT2D eigenvalue weighted by Crippen LogP contribution is 2.35. The van der Waals surface area contributed by atoms with Crippen LogP contribution in [0.5, 0.6) is 0 Å². The molecule has 0 bridgehead atoms. The summed E-state index contributed by atoms with van der Waals surface area (Å²) in [5.74, 6) is -0.833. The molecule has 0 aliphatic heterocycles. The topological polar surface area (TPSA) is 84.3 Å². The van der Waals surface area contributed by atoms with Crippen LogP contribution in [0.4, 0.5) is 15.8 Å². The average molecular weight is 295 g/mol. The van der Waals surface area contributed by atoms with Crippen molar-refractivity contribution in [3.8, 4) is 0 Å². The van der Waals surface area contributed by atoms with Crippen molar-refractivity contribution >= 4 is 17.3 Å². The molecule has 1 aliphatic rings. The maximum Gasteiger partial charge on any atom is 0.285 e. The smallest absolute Gasteiger partial charge is 0.285 e. The van der Waals surface area contributed by atoms with Crippen LogP contribution in [0.1, 0.15) is 36.5 Å². The number of carbonyl (C=O) groups is 1. The first-order chi connectivity index (χ1) is 9.97. The minimum atomic E-state index is -0.754. The Bertz CT molecular complexity index is 577. The van der Waals surface area contributed by atoms with Gasteiger partial charge in [0, 0.05) is 13.1 Å². The van der Waals surface area contributed by atoms with E-state index in [9.17, 15) is 19.3 Å². The summed E-state index contributed by atoms with van der Waals surface area (Å²) in [5, 5.41) is 16.3. The number of hydrogen-bond acceptors (Lipinski definition) is 4. The van der Waals surface area contributed by atoms with Crippen molar-refractivity contribution in [1.29, 1.82) is 0 Å². The highest BCUT2D eigenvalue weighted by molar-refractivity contribution is 5.99. The van der Waals surface area contributed by atoms with E-state index in [2.05, 4.69) is 17.6 Å². The van der Waals surface area contributed by atoms with Gasteiger partial charge in [-0.3, -0.25) is 14.9 Å². The molecule has 1 aromatic carbocycles. The molecular weight excluding hydrogens is 277 g/mol. The van der Waals surface area contributed by atoms with Crippen LogP contribution in [0.25, 0.3) is 0 Å². The Morgan fingerprint density at radius 1 is 1.52 bits per heavy atom. The normalized spacial score (nSPS) is 20.0. The van der Waals surface area contributed by atoms with E-state index in [0.29, 0.717) is 5.92 Å². The summed E-state index contributed by atoms with van der Waals surface area (Å²) in [4.78, 5) is 22.4. The van der Waals surface area contributed by atoms with Gasteiger partial charge in [0.1, 0.15) is 5.56 Å². The summed E-state index contributed by atoms with van der Waals surface area (Å²) in [5.41, 5.74) is -0.573. The Kier molecular flexibility index (Phi) is 4.40. The van der Waals surface area contributed by atoms with E-state index >= 15 is 0 Å². The van der Waals surface area contributed by atoms with Crippen molar-refractivity contribution in [1.82, 2.24) is 5.32 Å². The van der Waals surface area contributed by atoms with Gasteiger partial charge in [0.2, 0.25) is 0 Å². The molecule has 0 aromatic heterocycles. The van der Waals surface area contributed by atoms with Gasteiger partial charge in [-0.05, 0) is 24.8 Å². The number of benzene rings is 1. The molecule has 7 heteroatoms. The SMILES string of the molecule is CCCC1CC1NC(=O)c1cc(NC)c(F)cc1[N+](=O)[O-]. The van der Waals surface area contributed by atoms with Gasteiger partial charge in [-0.25, -0.2) is 4.39 Å². The fourth-order valence-electron chi connectivity index (χ4n) is 2.45. The second-order valence-corrected chi connectivity index (χ2v) is 5.22. The third kappa shape index (κ3) is 3.29. The Labute approximate surface area is 121 Å². The maximum absolute atomic E-state index is 13.6. The Morgan fingerprint density at radius 2 is 2.24 bits per heavy atom. The molecule has 1 fully saturated rings. The number of halogens is 1. The van der Waals surface area contributed by atoms with Gasteiger partial charge in [-0.15, -0.1) is 0 Å². The van der Waals surface area contributed by atoms with Crippen molar-refractivity contribution in [2.24, 2.45) is 5.92 Å². The van der Waals surface area contributed by atoms with E-state index in [1.54, 1.807) is 0 Å². The monoisotopic (exact) mass is 295 g/mol. The largest absolute Gasteiger partial charge is 0.386 e. The zero-order chi connectivity index (χ0) is 15.6. The van der Waals surface area contributed by atoms with Crippen LogP contribution >= 0.6 is 0 Å². The Balaban J connectivity index is 2.21. The van der Waals surface area contributed by atoms with Crippen LogP contribution in [0, 0.1) is 21.8 Å². The fraction of sp³-hybridized carbons (Fsp3) is 0.500. The number of nitrogens with zero attached hydrogens (tertiary/aromatic N) is 1. The molecule has 2 atom stereocenters. The van der Waals surface area contributed by atoms with Gasteiger partial charge in [0.25, 0.3) is 11.6 Å². The number of nitro benzene ring substituents is 1. The maximum atomic E-state index is 13.6. The van der Waals surface area contributed by atoms with Crippen LogP contribution < -0.4 is 10.6 Å². The van der Waals surface area contributed by atoms with Crippen molar-refractivity contribution in [3.63, 3.8) is 0 Å². The predicted octanol–water partition coefficient (Wildman–Crippen LogP) is 2.69. The minimum Gasteiger partial charge on any atom is -0.386 e. The van der Waals surface area contributed by atoms with Gasteiger partial charge in [0.05, 0.1) is 16.7 Å². The van der Waals surface area contributed by atoms with Crippen LogP contribution in [0.2, 0.25) is 0 Å². The fourth-order valence-corrected chi connectivity index (χ4v) is 2.45. The standard InChI is InChI=1S/C14H18FN3O3/c1-3-4-8-5-11(8)17-14(19)9-6-12(16-2)10(15)7-13(9)18(20)21/h6-8,11,16H,3-5H2,1-2H3,(H,17,19). The molecule has 2 N–H and O–H groups in total. The quantitative estimate of drug-likeness (QED) is 0.624. The highest BCUT2D eigenvalue weighted by atomic mass is 19.1. The van der Waals surface area contributed by atoms with E-state index in [0.717, 1.165) is 25.3 Å². The lowest BCUT2D eigenvalue weighted by Gasteiger charge is -2.08. The van der Waals surface area contributed by atoms with Gasteiger partial charge in [-0.1, -0.05) is 13.3 Å². The van der Waals surface area contributed by atoms with Crippen LogP contribution in [-0.2, 0) is 0 Å². The van der Waals surface area contributed by atoms with Crippen LogP contribution in [0.15, 0.2) is 12.1 Å². The van der Waals surface area contributed by atoms with Gasteiger partial charge < -0.3 is 10.6 Å². The van der Waals surface area contributed by atoms with Gasteiger partial charge in [-0.2, -0.15) is 0 Å². The molecule has 1 aliphatic carbocycles. The number of hydrogen-bond donors (Lipinski definition) is 2. The number of nitro groups is 1. The second kappa shape index (κ2) is 6.07. The van der Waals surface area contributed by atoms with E-state index < -0.39 is 22.3 Å². The summed E-state index contributed by atoms with van der Waals surface area (Å²) >= 11 is 0. The Hall–Kier alpha value is -2.18. The molecule has 0 radical (unpaired) electrons. The molecule has 2 unspecified atom stereocenters. The molecule has 1 saturated carbocycles. The molecule has 0 heterocycles. The molecular formula is C14H18FN3O3. The summed E-state index contributed by atoms with van der Waals surface area (Å²) in [6.07, 6.45) is 2.96. The second-order valence-electron chi connectivity index (χ2n) is 5.22. The first-order valence-corrected chi connectivity index (χ1v) is 6.94. The number of amides is 1. The first-order valence-electron chi connectivity index (χ1n) is 6.94. The third-order valence-corrected chi connectivity index (χ3v) is 3.69. The van der Waals surface area contributed by atoms with Gasteiger partial charge >= 0.3 is 0 Å². The van der Waals surface area contributed by atoms with Crippen LogP contribution in [0.3, 0.4) is 0 Å². The minimum absolute atomic E-state index is 0.0617. The van der Waals surface area contributed by atoms with Crippen molar-refractivity contribution in [2.75, 3.05) is 12.4 Å². The highest BCUT2D eigenvalue weighted by Gasteiger charge is 2.38. The molecule has 2 rings (SSSR count). The zero-order valence-electron chi connectivity index (χ0n) is 12.0. The lowest BCUT2D eigenvalue weighted by Crippen LogP contribution is -2.27. The summed E-state index contributed by atoms with van der Waals surface area (Å²) < 4.78 is 13.6. The number of carbonyl (C=O) groups excluding carboxylic acids is 1. The average Bonchev–Trinajstić information content (AvgIpc) is 3.16. The van der Waals surface area contributed by atoms with Crippen molar-refractivity contribution in [2.45, 2.75) is 32.2 Å². The van der Waals surface area contributed by atoms with E-state index in [4.69, 9.17) is 0 Å². The molecule has 0 spiro atoms. The van der Waals surface area contributed by atoms with Crippen LogP contribution in [-0.4, -0.2) is 23.9 Å². The van der Waals surface area contributed by atoms with E-state index in [1.165, 1.54) is 13.1 Å². The first kappa shape index (κ1) is 15.2. The Morgan fingerprint density at radius 3 is 2.81 bits per heavy atom. The van der Waals surface area contributed by atoms with Gasteiger partial charge in [0.15, 0.2) is 5.82 Å². The lowest BCUT2D eigenvalue weighted by molar-refractivity contribution is -0.385. The summed E-state index contributed by atoms with van der Waals surface area (Å²) in [6.45, 7) is 2.07. The summed E-state index contributed by atoms with van der Waals surface area (Å²) in [7, 11) is 1.49. The zero-order valence-corrected chi connectivity index (χ0v) is 12.0.